The molecule has 11 heavy (non-hydrogen) atoms. The minimum atomic E-state index is 0.763. The van der Waals surface area contributed by atoms with Gasteiger partial charge in [-0.3, -0.25) is 0 Å². The fraction of sp³-hybridized carbons (Fsp3) is 0.636. The molecule has 1 unspecified atom stereocenters. The van der Waals surface area contributed by atoms with Gasteiger partial charge in [-0.1, -0.05) is 23.3 Å². The molecule has 0 fully saturated rings. The Morgan fingerprint density at radius 2 is 2.00 bits per heavy atom. The standard InChI is InChI=1S/C11H18/c1-8(2)11-6-5-9(3)10(4)7-11/h11H,1,5-7H2,2-4H3. The highest BCUT2D eigenvalue weighted by molar-refractivity contribution is 5.17. The van der Waals surface area contributed by atoms with E-state index in [1.807, 2.05) is 0 Å². The van der Waals surface area contributed by atoms with E-state index in [1.54, 1.807) is 11.1 Å². The molecular weight excluding hydrogens is 132 g/mol. The minimum absolute atomic E-state index is 0.763. The molecule has 1 rings (SSSR count). The molecule has 0 heterocycles. The van der Waals surface area contributed by atoms with Crippen molar-refractivity contribution in [3.05, 3.63) is 23.3 Å². The van der Waals surface area contributed by atoms with Gasteiger partial charge in [0, 0.05) is 0 Å². The normalized spacial score (nSPS) is 25.5. The van der Waals surface area contributed by atoms with Crippen molar-refractivity contribution in [2.24, 2.45) is 5.92 Å². The van der Waals surface area contributed by atoms with Crippen molar-refractivity contribution in [2.45, 2.75) is 40.0 Å². The molecule has 62 valence electrons. The molecule has 0 aromatic heterocycles. The largest absolute Gasteiger partial charge is 0.0998 e. The summed E-state index contributed by atoms with van der Waals surface area (Å²) in [5.74, 6) is 0.763. The molecule has 0 N–H and O–H groups in total. The summed E-state index contributed by atoms with van der Waals surface area (Å²) in [5, 5.41) is 0. The van der Waals surface area contributed by atoms with Gasteiger partial charge in [0.2, 0.25) is 0 Å². The zero-order chi connectivity index (χ0) is 8.43. The lowest BCUT2D eigenvalue weighted by molar-refractivity contribution is 0.521. The van der Waals surface area contributed by atoms with Crippen molar-refractivity contribution in [3.63, 3.8) is 0 Å². The molecule has 0 heteroatoms. The van der Waals surface area contributed by atoms with Crippen molar-refractivity contribution in [1.29, 1.82) is 0 Å². The van der Waals surface area contributed by atoms with Crippen LogP contribution in [-0.4, -0.2) is 0 Å². The summed E-state index contributed by atoms with van der Waals surface area (Å²) < 4.78 is 0. The third-order valence-corrected chi connectivity index (χ3v) is 2.85. The Balaban J connectivity index is 2.64. The van der Waals surface area contributed by atoms with Gasteiger partial charge in [0.25, 0.3) is 0 Å². The van der Waals surface area contributed by atoms with Crippen LogP contribution in [0.15, 0.2) is 23.3 Å². The van der Waals surface area contributed by atoms with Crippen LogP contribution in [0.2, 0.25) is 0 Å². The molecule has 0 saturated heterocycles. The quantitative estimate of drug-likeness (QED) is 0.500. The SMILES string of the molecule is C=C(C)C1CCC(C)=C(C)C1. The van der Waals surface area contributed by atoms with Crippen LogP contribution in [0.5, 0.6) is 0 Å². The van der Waals surface area contributed by atoms with Gasteiger partial charge in [-0.25, -0.2) is 0 Å². The van der Waals surface area contributed by atoms with Gasteiger partial charge in [0.1, 0.15) is 0 Å². The van der Waals surface area contributed by atoms with Crippen LogP contribution in [-0.2, 0) is 0 Å². The van der Waals surface area contributed by atoms with Gasteiger partial charge in [0.15, 0.2) is 0 Å². The van der Waals surface area contributed by atoms with Gasteiger partial charge in [-0.2, -0.15) is 0 Å². The summed E-state index contributed by atoms with van der Waals surface area (Å²) in [5.41, 5.74) is 4.55. The third-order valence-electron chi connectivity index (χ3n) is 2.85. The van der Waals surface area contributed by atoms with Crippen molar-refractivity contribution in [2.75, 3.05) is 0 Å². The molecule has 0 radical (unpaired) electrons. The highest BCUT2D eigenvalue weighted by Crippen LogP contribution is 2.32. The molecule has 0 aromatic carbocycles. The first kappa shape index (κ1) is 8.58. The Bertz CT molecular complexity index is 196. The average Bonchev–Trinajstić information content (AvgIpc) is 1.94. The van der Waals surface area contributed by atoms with Crippen molar-refractivity contribution in [1.82, 2.24) is 0 Å². The Morgan fingerprint density at radius 3 is 2.45 bits per heavy atom. The first-order valence-corrected chi connectivity index (χ1v) is 4.42. The molecule has 0 aromatic rings. The number of allylic oxidation sites excluding steroid dienone is 3. The summed E-state index contributed by atoms with van der Waals surface area (Å²) in [6.45, 7) is 10.7. The van der Waals surface area contributed by atoms with E-state index in [2.05, 4.69) is 27.4 Å². The predicted molar refractivity (Wildman–Crippen MR) is 50.5 cm³/mol. The number of rotatable bonds is 1. The first-order valence-electron chi connectivity index (χ1n) is 4.42. The second-order valence-corrected chi connectivity index (χ2v) is 3.85. The Morgan fingerprint density at radius 1 is 1.36 bits per heavy atom. The maximum absolute atomic E-state index is 4.02. The van der Waals surface area contributed by atoms with E-state index in [1.165, 1.54) is 24.8 Å². The van der Waals surface area contributed by atoms with Crippen molar-refractivity contribution < 1.29 is 0 Å². The lowest BCUT2D eigenvalue weighted by Gasteiger charge is -2.24. The van der Waals surface area contributed by atoms with Crippen LogP contribution in [0.4, 0.5) is 0 Å². The smallest absolute Gasteiger partial charge is 0.0168 e. The summed E-state index contributed by atoms with van der Waals surface area (Å²) in [6.07, 6.45) is 3.85. The second kappa shape index (κ2) is 3.25. The van der Waals surface area contributed by atoms with Crippen LogP contribution in [0.25, 0.3) is 0 Å². The van der Waals surface area contributed by atoms with E-state index in [9.17, 15) is 0 Å². The maximum atomic E-state index is 4.02. The van der Waals surface area contributed by atoms with Gasteiger partial charge >= 0.3 is 0 Å². The lowest BCUT2D eigenvalue weighted by Crippen LogP contribution is -2.08. The van der Waals surface area contributed by atoms with E-state index in [4.69, 9.17) is 0 Å². The molecule has 0 aliphatic heterocycles. The Hall–Kier alpha value is -0.520. The molecule has 0 nitrogen and oxygen atoms in total. The van der Waals surface area contributed by atoms with Crippen LogP contribution in [0.3, 0.4) is 0 Å². The fourth-order valence-corrected chi connectivity index (χ4v) is 1.67. The fourth-order valence-electron chi connectivity index (χ4n) is 1.67. The number of hydrogen-bond donors (Lipinski definition) is 0. The molecule has 0 saturated carbocycles. The maximum Gasteiger partial charge on any atom is -0.0168 e. The van der Waals surface area contributed by atoms with Crippen LogP contribution < -0.4 is 0 Å². The number of hydrogen-bond acceptors (Lipinski definition) is 0. The van der Waals surface area contributed by atoms with Crippen LogP contribution in [0.1, 0.15) is 40.0 Å². The molecule has 1 aliphatic carbocycles. The predicted octanol–water partition coefficient (Wildman–Crippen LogP) is 3.70. The summed E-state index contributed by atoms with van der Waals surface area (Å²) in [7, 11) is 0. The molecule has 1 atom stereocenters. The lowest BCUT2D eigenvalue weighted by atomic mass is 9.82. The van der Waals surface area contributed by atoms with Crippen molar-refractivity contribution >= 4 is 0 Å². The second-order valence-electron chi connectivity index (χ2n) is 3.85. The van der Waals surface area contributed by atoms with E-state index >= 15 is 0 Å². The summed E-state index contributed by atoms with van der Waals surface area (Å²) >= 11 is 0. The topological polar surface area (TPSA) is 0 Å². The minimum Gasteiger partial charge on any atom is -0.0998 e. The first-order chi connectivity index (χ1) is 5.11. The molecular formula is C11H18. The Labute approximate surface area is 70.0 Å². The van der Waals surface area contributed by atoms with E-state index in [0.717, 1.165) is 5.92 Å². The van der Waals surface area contributed by atoms with Crippen molar-refractivity contribution in [3.8, 4) is 0 Å². The third kappa shape index (κ3) is 1.95. The zero-order valence-corrected chi connectivity index (χ0v) is 7.91. The highest BCUT2D eigenvalue weighted by atomic mass is 14.2. The van der Waals surface area contributed by atoms with Gasteiger partial charge in [-0.05, 0) is 46.0 Å². The van der Waals surface area contributed by atoms with Crippen LogP contribution in [0, 0.1) is 5.92 Å². The average molecular weight is 150 g/mol. The molecule has 0 amide bonds. The Kier molecular flexibility index (Phi) is 2.53. The van der Waals surface area contributed by atoms with Gasteiger partial charge in [-0.15, -0.1) is 0 Å². The molecule has 0 spiro atoms. The van der Waals surface area contributed by atoms with E-state index in [0.29, 0.717) is 0 Å². The molecule has 0 bridgehead atoms. The van der Waals surface area contributed by atoms with Gasteiger partial charge in [0.05, 0.1) is 0 Å². The molecule has 1 aliphatic rings. The summed E-state index contributed by atoms with van der Waals surface area (Å²) in [6, 6.07) is 0. The zero-order valence-electron chi connectivity index (χ0n) is 7.91. The monoisotopic (exact) mass is 150 g/mol. The van der Waals surface area contributed by atoms with E-state index < -0.39 is 0 Å². The van der Waals surface area contributed by atoms with Crippen LogP contribution >= 0.6 is 0 Å². The highest BCUT2D eigenvalue weighted by Gasteiger charge is 2.16. The van der Waals surface area contributed by atoms with E-state index in [-0.39, 0.29) is 0 Å². The van der Waals surface area contributed by atoms with Gasteiger partial charge < -0.3 is 0 Å². The summed E-state index contributed by atoms with van der Waals surface area (Å²) in [4.78, 5) is 0.